The highest BCUT2D eigenvalue weighted by Gasteiger charge is 2.44. The Morgan fingerprint density at radius 1 is 0.324 bits per heavy atom. The smallest absolute Gasteiger partial charge is 0.252 e. The van der Waals surface area contributed by atoms with E-state index in [0.29, 0.717) is 5.82 Å². The van der Waals surface area contributed by atoms with E-state index in [1.165, 1.54) is 61.1 Å². The van der Waals surface area contributed by atoms with Crippen molar-refractivity contribution in [3.05, 3.63) is 236 Å². The summed E-state index contributed by atoms with van der Waals surface area (Å²) in [7, 11) is 0. The van der Waals surface area contributed by atoms with Gasteiger partial charge in [-0.15, -0.1) is 0 Å². The molecule has 0 unspecified atom stereocenters. The summed E-state index contributed by atoms with van der Waals surface area (Å²) in [4.78, 5) is 15.8. The van der Waals surface area contributed by atoms with Crippen LogP contribution in [0.25, 0.3) is 56.2 Å². The summed E-state index contributed by atoms with van der Waals surface area (Å²) in [6.45, 7) is 13.8. The third-order valence-electron chi connectivity index (χ3n) is 14.4. The van der Waals surface area contributed by atoms with E-state index in [4.69, 9.17) is 9.97 Å². The zero-order valence-corrected chi connectivity index (χ0v) is 41.2. The molecule has 0 radical (unpaired) electrons. The van der Waals surface area contributed by atoms with Crippen molar-refractivity contribution in [3.63, 3.8) is 0 Å². The molecule has 4 nitrogen and oxygen atoms in total. The molecule has 10 aromatic rings. The van der Waals surface area contributed by atoms with Crippen LogP contribution < -0.4 is 26.2 Å². The lowest BCUT2D eigenvalue weighted by atomic mass is 9.33. The Bertz CT molecular complexity index is 3350. The van der Waals surface area contributed by atoms with E-state index in [1.54, 1.807) is 0 Å². The minimum atomic E-state index is -0.0808. The van der Waals surface area contributed by atoms with Crippen molar-refractivity contribution in [2.75, 3.05) is 9.80 Å². The van der Waals surface area contributed by atoms with Crippen LogP contribution in [0.2, 0.25) is 0 Å². The Morgan fingerprint density at radius 3 is 1.10 bits per heavy atom. The van der Waals surface area contributed by atoms with Crippen molar-refractivity contribution in [3.8, 4) is 56.2 Å². The standard InChI is InChI=1S/C66H55BN4/c1-65(2,3)51-31-37-55-59(41-51)70(53-33-27-46(28-34-53)44-19-11-7-12-20-44)61-39-50(58-43-57(48-23-15-9-16-24-48)68-64(69-58)49-25-17-10-18-26-49)40-62-63(61)67(55)56-38-32-52(66(4,5)6)42-60(56)71(62)54-35-29-47(30-36-54)45-21-13-8-14-22-45/h7-43H,1-6H3. The molecule has 9 aromatic carbocycles. The number of nitrogens with zero attached hydrogens (tertiary/aromatic N) is 4. The predicted molar refractivity (Wildman–Crippen MR) is 301 cm³/mol. The molecule has 342 valence electrons. The number of aromatic nitrogens is 2. The van der Waals surface area contributed by atoms with E-state index < -0.39 is 0 Å². The van der Waals surface area contributed by atoms with E-state index in [1.807, 2.05) is 6.07 Å². The zero-order chi connectivity index (χ0) is 48.4. The van der Waals surface area contributed by atoms with Crippen molar-refractivity contribution in [1.82, 2.24) is 9.97 Å². The van der Waals surface area contributed by atoms with Gasteiger partial charge in [0.25, 0.3) is 6.71 Å². The molecule has 0 saturated carbocycles. The van der Waals surface area contributed by atoms with Gasteiger partial charge in [-0.25, -0.2) is 9.97 Å². The van der Waals surface area contributed by atoms with Crippen molar-refractivity contribution in [2.24, 2.45) is 0 Å². The molecule has 0 amide bonds. The van der Waals surface area contributed by atoms with Crippen molar-refractivity contribution >= 4 is 57.2 Å². The highest BCUT2D eigenvalue weighted by atomic mass is 15.2. The van der Waals surface area contributed by atoms with E-state index in [2.05, 4.69) is 270 Å². The Labute approximate surface area is 419 Å². The SMILES string of the molecule is CC(C)(C)c1ccc2c(c1)N(c1ccc(-c3ccccc3)cc1)c1cc(-c3cc(-c4ccccc4)nc(-c4ccccc4)n3)cc3c1B2c1ccc(C(C)(C)C)cc1N3c1ccc(-c2ccccc2)cc1. The summed E-state index contributed by atoms with van der Waals surface area (Å²) < 4.78 is 0. The monoisotopic (exact) mass is 914 g/mol. The van der Waals surface area contributed by atoms with Gasteiger partial charge in [0.2, 0.25) is 0 Å². The fraction of sp³-hybridized carbons (Fsp3) is 0.121. The van der Waals surface area contributed by atoms with Gasteiger partial charge in [0, 0.05) is 50.8 Å². The first kappa shape index (κ1) is 44.0. The number of hydrogen-bond donors (Lipinski definition) is 0. The van der Waals surface area contributed by atoms with Crippen LogP contribution in [0.15, 0.2) is 224 Å². The lowest BCUT2D eigenvalue weighted by Gasteiger charge is -2.45. The lowest BCUT2D eigenvalue weighted by molar-refractivity contribution is 0.590. The van der Waals surface area contributed by atoms with Gasteiger partial charge in [-0.2, -0.15) is 0 Å². The van der Waals surface area contributed by atoms with Crippen LogP contribution in [0.4, 0.5) is 34.1 Å². The normalized spacial score (nSPS) is 12.8. The van der Waals surface area contributed by atoms with E-state index in [9.17, 15) is 0 Å². The van der Waals surface area contributed by atoms with Gasteiger partial charge in [0.15, 0.2) is 5.82 Å². The van der Waals surface area contributed by atoms with E-state index >= 15 is 0 Å². The third kappa shape index (κ3) is 8.02. The van der Waals surface area contributed by atoms with Crippen molar-refractivity contribution in [2.45, 2.75) is 52.4 Å². The highest BCUT2D eigenvalue weighted by molar-refractivity contribution is 7.00. The number of hydrogen-bond acceptors (Lipinski definition) is 4. The Kier molecular flexibility index (Phi) is 10.7. The summed E-state index contributed by atoms with van der Waals surface area (Å²) >= 11 is 0. The molecule has 3 heterocycles. The van der Waals surface area contributed by atoms with E-state index in [0.717, 1.165) is 50.8 Å². The lowest BCUT2D eigenvalue weighted by Crippen LogP contribution is -2.61. The average Bonchev–Trinajstić information content (AvgIpc) is 3.41. The second-order valence-electron chi connectivity index (χ2n) is 21.1. The second-order valence-corrected chi connectivity index (χ2v) is 21.1. The molecule has 2 aliphatic rings. The van der Waals surface area contributed by atoms with E-state index in [-0.39, 0.29) is 17.5 Å². The Morgan fingerprint density at radius 2 is 0.690 bits per heavy atom. The number of anilines is 6. The maximum Gasteiger partial charge on any atom is 0.252 e. The fourth-order valence-electron chi connectivity index (χ4n) is 10.6. The first-order chi connectivity index (χ1) is 34.5. The molecule has 12 rings (SSSR count). The summed E-state index contributed by atoms with van der Waals surface area (Å²) in [6, 6.07) is 81.9. The number of benzene rings is 9. The van der Waals surface area contributed by atoms with Gasteiger partial charge < -0.3 is 9.80 Å². The molecule has 5 heteroatoms. The molecule has 2 aliphatic heterocycles. The first-order valence-corrected chi connectivity index (χ1v) is 24.8. The quantitative estimate of drug-likeness (QED) is 0.149. The van der Waals surface area contributed by atoms with Gasteiger partial charge in [0.05, 0.1) is 11.4 Å². The minimum Gasteiger partial charge on any atom is -0.311 e. The van der Waals surface area contributed by atoms with Gasteiger partial charge in [0.1, 0.15) is 0 Å². The van der Waals surface area contributed by atoms with Crippen molar-refractivity contribution < 1.29 is 0 Å². The zero-order valence-electron chi connectivity index (χ0n) is 41.2. The van der Waals surface area contributed by atoms with Gasteiger partial charge in [-0.05, 0) is 115 Å². The van der Waals surface area contributed by atoms with Crippen LogP contribution in [0, 0.1) is 0 Å². The first-order valence-electron chi connectivity index (χ1n) is 24.8. The fourth-order valence-corrected chi connectivity index (χ4v) is 10.6. The van der Waals surface area contributed by atoms with Crippen molar-refractivity contribution in [1.29, 1.82) is 0 Å². The molecule has 0 atom stereocenters. The van der Waals surface area contributed by atoms with Gasteiger partial charge >= 0.3 is 0 Å². The molecule has 0 bridgehead atoms. The maximum absolute atomic E-state index is 5.48. The summed E-state index contributed by atoms with van der Waals surface area (Å²) in [6.07, 6.45) is 0. The second kappa shape index (κ2) is 17.3. The van der Waals surface area contributed by atoms with Gasteiger partial charge in [-0.3, -0.25) is 0 Å². The average molecular weight is 915 g/mol. The van der Waals surface area contributed by atoms with Crippen LogP contribution in [0.3, 0.4) is 0 Å². The van der Waals surface area contributed by atoms with Crippen LogP contribution >= 0.6 is 0 Å². The molecule has 0 spiro atoms. The summed E-state index contributed by atoms with van der Waals surface area (Å²) in [5.74, 6) is 0.688. The topological polar surface area (TPSA) is 32.3 Å². The molecular formula is C66H55BN4. The maximum atomic E-state index is 5.48. The molecule has 1 aromatic heterocycles. The Hall–Kier alpha value is -8.28. The number of fused-ring (bicyclic) bond motifs is 4. The number of rotatable bonds is 7. The highest BCUT2D eigenvalue weighted by Crippen LogP contribution is 2.48. The largest absolute Gasteiger partial charge is 0.311 e. The van der Waals surface area contributed by atoms with Crippen LogP contribution in [-0.4, -0.2) is 16.7 Å². The summed E-state index contributed by atoms with van der Waals surface area (Å²) in [5, 5.41) is 0. The minimum absolute atomic E-state index is 0.0491. The molecule has 0 aliphatic carbocycles. The molecule has 0 saturated heterocycles. The molecular weight excluding hydrogens is 860 g/mol. The summed E-state index contributed by atoms with van der Waals surface area (Å²) in [5.41, 5.74) is 22.6. The third-order valence-corrected chi connectivity index (χ3v) is 14.4. The molecule has 0 N–H and O–H groups in total. The van der Waals surface area contributed by atoms with Crippen LogP contribution in [0.1, 0.15) is 52.7 Å². The predicted octanol–water partition coefficient (Wildman–Crippen LogP) is 15.5. The van der Waals surface area contributed by atoms with Crippen LogP contribution in [0.5, 0.6) is 0 Å². The van der Waals surface area contributed by atoms with Gasteiger partial charge in [-0.1, -0.05) is 211 Å². The van der Waals surface area contributed by atoms with Crippen LogP contribution in [-0.2, 0) is 10.8 Å². The Balaban J connectivity index is 1.17. The molecule has 0 fully saturated rings. The molecule has 71 heavy (non-hydrogen) atoms.